The van der Waals surface area contributed by atoms with Gasteiger partial charge in [-0.05, 0) is 36.5 Å². The standard InChI is InChI=1S/C17H23N3O4/c21-15(20-24)9-8-14-7-6-12(10-18-14)11-19-16(17(22)23)13-4-2-1-3-5-13/h6-10,13,16,19,24H,1-5,11H2,(H,20,21)(H,22,23)/b9-8+/t16-/m0/s1. The summed E-state index contributed by atoms with van der Waals surface area (Å²) in [6, 6.07) is 3.03. The van der Waals surface area contributed by atoms with E-state index < -0.39 is 17.9 Å². The first kappa shape index (κ1) is 18.1. The molecule has 24 heavy (non-hydrogen) atoms. The van der Waals surface area contributed by atoms with Crippen LogP contribution < -0.4 is 10.8 Å². The Kier molecular flexibility index (Phi) is 6.89. The van der Waals surface area contributed by atoms with E-state index >= 15 is 0 Å². The minimum atomic E-state index is -0.801. The Morgan fingerprint density at radius 3 is 2.62 bits per heavy atom. The second-order valence-electron chi connectivity index (χ2n) is 6.00. The summed E-state index contributed by atoms with van der Waals surface area (Å²) in [5.41, 5.74) is 2.95. The first-order valence-electron chi connectivity index (χ1n) is 8.13. The van der Waals surface area contributed by atoms with E-state index in [4.69, 9.17) is 5.21 Å². The number of hydrogen-bond donors (Lipinski definition) is 4. The number of hydroxylamine groups is 1. The van der Waals surface area contributed by atoms with E-state index in [1.165, 1.54) is 24.1 Å². The van der Waals surface area contributed by atoms with Crippen molar-refractivity contribution in [2.45, 2.75) is 44.7 Å². The number of nitrogens with zero attached hydrogens (tertiary/aromatic N) is 1. The average molecular weight is 333 g/mol. The van der Waals surface area contributed by atoms with Crippen molar-refractivity contribution < 1.29 is 19.9 Å². The zero-order chi connectivity index (χ0) is 17.4. The van der Waals surface area contributed by atoms with Crippen molar-refractivity contribution in [2.75, 3.05) is 0 Å². The van der Waals surface area contributed by atoms with Gasteiger partial charge in [0.25, 0.3) is 5.91 Å². The summed E-state index contributed by atoms with van der Waals surface area (Å²) in [6.45, 7) is 0.432. The Morgan fingerprint density at radius 2 is 2.04 bits per heavy atom. The Hall–Kier alpha value is -2.25. The number of rotatable bonds is 7. The minimum Gasteiger partial charge on any atom is -0.480 e. The van der Waals surface area contributed by atoms with Crippen molar-refractivity contribution in [1.82, 2.24) is 15.8 Å². The summed E-state index contributed by atoms with van der Waals surface area (Å²) >= 11 is 0. The van der Waals surface area contributed by atoms with Crippen molar-refractivity contribution in [1.29, 1.82) is 0 Å². The topological polar surface area (TPSA) is 112 Å². The van der Waals surface area contributed by atoms with E-state index in [0.717, 1.165) is 31.2 Å². The molecule has 1 amide bonds. The third-order valence-corrected chi connectivity index (χ3v) is 4.28. The van der Waals surface area contributed by atoms with Gasteiger partial charge in [0, 0.05) is 18.8 Å². The van der Waals surface area contributed by atoms with E-state index in [9.17, 15) is 14.7 Å². The van der Waals surface area contributed by atoms with Crippen LogP contribution in [0.4, 0.5) is 0 Å². The van der Waals surface area contributed by atoms with Gasteiger partial charge in [0.15, 0.2) is 0 Å². The van der Waals surface area contributed by atoms with Crippen molar-refractivity contribution in [3.63, 3.8) is 0 Å². The third kappa shape index (κ3) is 5.43. The second-order valence-corrected chi connectivity index (χ2v) is 6.00. The number of carbonyl (C=O) groups is 2. The summed E-state index contributed by atoms with van der Waals surface area (Å²) in [7, 11) is 0. The lowest BCUT2D eigenvalue weighted by Gasteiger charge is -2.28. The smallest absolute Gasteiger partial charge is 0.320 e. The maximum absolute atomic E-state index is 11.5. The van der Waals surface area contributed by atoms with Gasteiger partial charge in [-0.3, -0.25) is 19.8 Å². The van der Waals surface area contributed by atoms with Gasteiger partial charge in [0.05, 0.1) is 5.69 Å². The summed E-state index contributed by atoms with van der Waals surface area (Å²) in [6.07, 6.45) is 9.59. The summed E-state index contributed by atoms with van der Waals surface area (Å²) in [5, 5.41) is 21.0. The van der Waals surface area contributed by atoms with Gasteiger partial charge < -0.3 is 10.4 Å². The average Bonchev–Trinajstić information content (AvgIpc) is 2.61. The Labute approximate surface area is 140 Å². The van der Waals surface area contributed by atoms with Crippen LogP contribution in [0.15, 0.2) is 24.4 Å². The van der Waals surface area contributed by atoms with E-state index in [1.807, 2.05) is 6.07 Å². The Bertz CT molecular complexity index is 580. The van der Waals surface area contributed by atoms with Crippen LogP contribution in [-0.4, -0.2) is 33.2 Å². The molecule has 7 heteroatoms. The predicted octanol–water partition coefficient (Wildman–Crippen LogP) is 1.72. The van der Waals surface area contributed by atoms with Crippen LogP contribution >= 0.6 is 0 Å². The molecule has 7 nitrogen and oxygen atoms in total. The van der Waals surface area contributed by atoms with Crippen LogP contribution in [0.5, 0.6) is 0 Å². The van der Waals surface area contributed by atoms with Crippen LogP contribution in [0.1, 0.15) is 43.4 Å². The van der Waals surface area contributed by atoms with E-state index in [-0.39, 0.29) is 5.92 Å². The van der Waals surface area contributed by atoms with E-state index in [2.05, 4.69) is 10.3 Å². The van der Waals surface area contributed by atoms with E-state index in [1.54, 1.807) is 12.3 Å². The van der Waals surface area contributed by atoms with Crippen LogP contribution in [0, 0.1) is 5.92 Å². The zero-order valence-electron chi connectivity index (χ0n) is 13.4. The van der Waals surface area contributed by atoms with Gasteiger partial charge in [-0.1, -0.05) is 25.3 Å². The highest BCUT2D eigenvalue weighted by Crippen LogP contribution is 2.26. The van der Waals surface area contributed by atoms with E-state index in [0.29, 0.717) is 12.2 Å². The first-order valence-corrected chi connectivity index (χ1v) is 8.13. The largest absolute Gasteiger partial charge is 0.480 e. The molecule has 0 aromatic carbocycles. The molecule has 0 bridgehead atoms. The van der Waals surface area contributed by atoms with Crippen LogP contribution in [-0.2, 0) is 16.1 Å². The predicted molar refractivity (Wildman–Crippen MR) is 88.0 cm³/mol. The van der Waals surface area contributed by atoms with Gasteiger partial charge in [-0.15, -0.1) is 0 Å². The van der Waals surface area contributed by atoms with Crippen molar-refractivity contribution >= 4 is 18.0 Å². The fraction of sp³-hybridized carbons (Fsp3) is 0.471. The quantitative estimate of drug-likeness (QED) is 0.343. The molecular formula is C17H23N3O4. The Morgan fingerprint density at radius 1 is 1.29 bits per heavy atom. The lowest BCUT2D eigenvalue weighted by molar-refractivity contribution is -0.141. The molecule has 1 aliphatic rings. The van der Waals surface area contributed by atoms with Crippen molar-refractivity contribution in [3.8, 4) is 0 Å². The van der Waals surface area contributed by atoms with Gasteiger partial charge in [0.2, 0.25) is 0 Å². The van der Waals surface area contributed by atoms with Gasteiger partial charge in [-0.25, -0.2) is 5.48 Å². The molecule has 4 N–H and O–H groups in total. The molecule has 1 saturated carbocycles. The van der Waals surface area contributed by atoms with Crippen LogP contribution in [0.2, 0.25) is 0 Å². The number of amides is 1. The van der Waals surface area contributed by atoms with Crippen molar-refractivity contribution in [2.24, 2.45) is 5.92 Å². The maximum Gasteiger partial charge on any atom is 0.320 e. The summed E-state index contributed by atoms with van der Waals surface area (Å²) in [5.74, 6) is -1.24. The molecular weight excluding hydrogens is 310 g/mol. The van der Waals surface area contributed by atoms with Gasteiger partial charge in [0.1, 0.15) is 6.04 Å². The highest BCUT2D eigenvalue weighted by molar-refractivity contribution is 5.90. The molecule has 2 rings (SSSR count). The summed E-state index contributed by atoms with van der Waals surface area (Å²) < 4.78 is 0. The molecule has 130 valence electrons. The lowest BCUT2D eigenvalue weighted by atomic mass is 9.84. The second kappa shape index (κ2) is 9.14. The van der Waals surface area contributed by atoms with Gasteiger partial charge >= 0.3 is 5.97 Å². The number of aliphatic carboxylic acids is 1. The highest BCUT2D eigenvalue weighted by Gasteiger charge is 2.28. The molecule has 0 aliphatic heterocycles. The van der Waals surface area contributed by atoms with Crippen LogP contribution in [0.25, 0.3) is 6.08 Å². The molecule has 1 heterocycles. The Balaban J connectivity index is 1.91. The fourth-order valence-electron chi connectivity index (χ4n) is 2.99. The molecule has 1 fully saturated rings. The van der Waals surface area contributed by atoms with Crippen molar-refractivity contribution in [3.05, 3.63) is 35.7 Å². The molecule has 0 unspecified atom stereocenters. The molecule has 0 spiro atoms. The number of pyridine rings is 1. The first-order chi connectivity index (χ1) is 11.6. The monoisotopic (exact) mass is 333 g/mol. The number of hydrogen-bond acceptors (Lipinski definition) is 5. The molecule has 1 atom stereocenters. The number of aromatic nitrogens is 1. The lowest BCUT2D eigenvalue weighted by Crippen LogP contribution is -2.43. The number of nitrogens with one attached hydrogen (secondary N) is 2. The molecule has 1 aromatic rings. The van der Waals surface area contributed by atoms with Gasteiger partial charge in [-0.2, -0.15) is 0 Å². The van der Waals surface area contributed by atoms with Crippen LogP contribution in [0.3, 0.4) is 0 Å². The molecule has 1 aliphatic carbocycles. The number of carbonyl (C=O) groups excluding carboxylic acids is 1. The molecule has 0 saturated heterocycles. The third-order valence-electron chi connectivity index (χ3n) is 4.28. The SMILES string of the molecule is O=C(/C=C/c1ccc(CN[C@H](C(=O)O)C2CCCCC2)cn1)NO. The number of carboxylic acids is 1. The molecule has 1 aromatic heterocycles. The zero-order valence-corrected chi connectivity index (χ0v) is 13.4. The highest BCUT2D eigenvalue weighted by atomic mass is 16.5. The normalized spacial score (nSPS) is 16.9. The molecule has 0 radical (unpaired) electrons. The summed E-state index contributed by atoms with van der Waals surface area (Å²) in [4.78, 5) is 26.6. The maximum atomic E-state index is 11.5. The minimum absolute atomic E-state index is 0.184. The number of carboxylic acid groups (broad SMARTS) is 1. The fourth-order valence-corrected chi connectivity index (χ4v) is 2.99.